The summed E-state index contributed by atoms with van der Waals surface area (Å²) in [6.45, 7) is 2.05. The van der Waals surface area contributed by atoms with E-state index >= 15 is 0 Å². The highest BCUT2D eigenvalue weighted by Crippen LogP contribution is 2.28. The van der Waals surface area contributed by atoms with Crippen molar-refractivity contribution in [2.24, 2.45) is 5.73 Å². The topological polar surface area (TPSA) is 72.1 Å². The summed E-state index contributed by atoms with van der Waals surface area (Å²) >= 11 is 3.36. The average Bonchev–Trinajstić information content (AvgIpc) is 2.77. The van der Waals surface area contributed by atoms with E-state index in [4.69, 9.17) is 5.73 Å². The first-order valence-corrected chi connectivity index (χ1v) is 6.91. The van der Waals surface area contributed by atoms with Crippen LogP contribution in [0.5, 0.6) is 0 Å². The van der Waals surface area contributed by atoms with E-state index in [1.807, 2.05) is 17.9 Å². The zero-order valence-corrected chi connectivity index (χ0v) is 12.0. The van der Waals surface area contributed by atoms with Crippen molar-refractivity contribution in [1.82, 2.24) is 9.97 Å². The SMILES string of the molecule is Cc1nc(Br)cc(N(CC(N)=O)C2CCCC2)n1. The maximum Gasteiger partial charge on any atom is 0.237 e. The highest BCUT2D eigenvalue weighted by atomic mass is 79.9. The van der Waals surface area contributed by atoms with E-state index in [0.717, 1.165) is 23.3 Å². The van der Waals surface area contributed by atoms with Crippen molar-refractivity contribution in [3.8, 4) is 0 Å². The van der Waals surface area contributed by atoms with E-state index in [-0.39, 0.29) is 12.5 Å². The second kappa shape index (κ2) is 5.65. The van der Waals surface area contributed by atoms with Crippen molar-refractivity contribution in [2.75, 3.05) is 11.4 Å². The predicted molar refractivity (Wildman–Crippen MR) is 73.3 cm³/mol. The van der Waals surface area contributed by atoms with E-state index in [1.165, 1.54) is 12.8 Å². The molecule has 5 nitrogen and oxygen atoms in total. The summed E-state index contributed by atoms with van der Waals surface area (Å²) in [6.07, 6.45) is 4.58. The molecule has 2 rings (SSSR count). The Morgan fingerprint density at radius 2 is 2.17 bits per heavy atom. The summed E-state index contributed by atoms with van der Waals surface area (Å²) in [6, 6.07) is 2.20. The standard InChI is InChI=1S/C12H17BrN4O/c1-8-15-10(13)6-12(16-8)17(7-11(14)18)9-4-2-3-5-9/h6,9H,2-5,7H2,1H3,(H2,14,18). The first-order chi connectivity index (χ1) is 8.56. The lowest BCUT2D eigenvalue weighted by molar-refractivity contribution is -0.116. The number of carbonyl (C=O) groups is 1. The van der Waals surface area contributed by atoms with Gasteiger partial charge in [0.2, 0.25) is 5.91 Å². The molecule has 1 heterocycles. The summed E-state index contributed by atoms with van der Waals surface area (Å²) in [5.41, 5.74) is 5.34. The van der Waals surface area contributed by atoms with Crippen molar-refractivity contribution < 1.29 is 4.79 Å². The van der Waals surface area contributed by atoms with Gasteiger partial charge in [-0.25, -0.2) is 9.97 Å². The molecule has 0 spiro atoms. The Morgan fingerprint density at radius 3 is 2.72 bits per heavy atom. The second-order valence-corrected chi connectivity index (χ2v) is 5.44. The van der Waals surface area contributed by atoms with Gasteiger partial charge < -0.3 is 10.6 Å². The molecule has 1 amide bonds. The predicted octanol–water partition coefficient (Wildman–Crippen LogP) is 1.78. The molecule has 0 aromatic carbocycles. The molecule has 0 atom stereocenters. The molecule has 6 heteroatoms. The summed E-state index contributed by atoms with van der Waals surface area (Å²) in [7, 11) is 0. The highest BCUT2D eigenvalue weighted by Gasteiger charge is 2.25. The number of rotatable bonds is 4. The maximum absolute atomic E-state index is 11.2. The molecule has 0 unspecified atom stereocenters. The van der Waals surface area contributed by atoms with Gasteiger partial charge in [-0.05, 0) is 35.7 Å². The quantitative estimate of drug-likeness (QED) is 0.860. The fraction of sp³-hybridized carbons (Fsp3) is 0.583. The first kappa shape index (κ1) is 13.3. The lowest BCUT2D eigenvalue weighted by Gasteiger charge is -2.29. The number of amides is 1. The Labute approximate surface area is 115 Å². The summed E-state index contributed by atoms with van der Waals surface area (Å²) < 4.78 is 0.734. The monoisotopic (exact) mass is 312 g/mol. The summed E-state index contributed by atoms with van der Waals surface area (Å²) in [5, 5.41) is 0. The smallest absolute Gasteiger partial charge is 0.237 e. The normalized spacial score (nSPS) is 15.9. The third kappa shape index (κ3) is 3.19. The van der Waals surface area contributed by atoms with E-state index in [0.29, 0.717) is 11.9 Å². The minimum atomic E-state index is -0.325. The highest BCUT2D eigenvalue weighted by molar-refractivity contribution is 9.10. The molecular formula is C12H17BrN4O. The zero-order valence-electron chi connectivity index (χ0n) is 10.4. The average molecular weight is 313 g/mol. The molecule has 0 radical (unpaired) electrons. The third-order valence-corrected chi connectivity index (χ3v) is 3.59. The van der Waals surface area contributed by atoms with Crippen LogP contribution in [0.3, 0.4) is 0 Å². The van der Waals surface area contributed by atoms with Gasteiger partial charge in [0.05, 0.1) is 6.54 Å². The van der Waals surface area contributed by atoms with Gasteiger partial charge in [0.25, 0.3) is 0 Å². The van der Waals surface area contributed by atoms with Crippen LogP contribution in [0, 0.1) is 6.92 Å². The van der Waals surface area contributed by atoms with Gasteiger partial charge in [0, 0.05) is 12.1 Å². The Hall–Kier alpha value is -1.17. The van der Waals surface area contributed by atoms with Crippen LogP contribution in [-0.2, 0) is 4.79 Å². The molecule has 1 aliphatic carbocycles. The number of anilines is 1. The van der Waals surface area contributed by atoms with Crippen LogP contribution >= 0.6 is 15.9 Å². The van der Waals surface area contributed by atoms with Crippen LogP contribution in [-0.4, -0.2) is 28.5 Å². The number of aromatic nitrogens is 2. The summed E-state index contributed by atoms with van der Waals surface area (Å²) in [5.74, 6) is 1.14. The van der Waals surface area contributed by atoms with Crippen LogP contribution in [0.2, 0.25) is 0 Å². The van der Waals surface area contributed by atoms with Gasteiger partial charge in [0.1, 0.15) is 16.2 Å². The van der Waals surface area contributed by atoms with Gasteiger partial charge in [-0.15, -0.1) is 0 Å². The van der Waals surface area contributed by atoms with Crippen LogP contribution < -0.4 is 10.6 Å². The third-order valence-electron chi connectivity index (χ3n) is 3.18. The van der Waals surface area contributed by atoms with E-state index in [9.17, 15) is 4.79 Å². The van der Waals surface area contributed by atoms with Gasteiger partial charge >= 0.3 is 0 Å². The molecule has 0 bridgehead atoms. The largest absolute Gasteiger partial charge is 0.368 e. The van der Waals surface area contributed by atoms with Crippen LogP contribution in [0.25, 0.3) is 0 Å². The minimum Gasteiger partial charge on any atom is -0.368 e. The summed E-state index contributed by atoms with van der Waals surface area (Å²) in [4.78, 5) is 21.8. The number of hydrogen-bond acceptors (Lipinski definition) is 4. The van der Waals surface area contributed by atoms with Crippen molar-refractivity contribution in [2.45, 2.75) is 38.6 Å². The molecular weight excluding hydrogens is 296 g/mol. The zero-order chi connectivity index (χ0) is 13.1. The number of halogens is 1. The van der Waals surface area contributed by atoms with Crippen molar-refractivity contribution >= 4 is 27.7 Å². The molecule has 98 valence electrons. The Kier molecular flexibility index (Phi) is 4.16. The number of hydrogen-bond donors (Lipinski definition) is 1. The van der Waals surface area contributed by atoms with E-state index < -0.39 is 0 Å². The van der Waals surface area contributed by atoms with E-state index in [1.54, 1.807) is 0 Å². The molecule has 1 aromatic heterocycles. The van der Waals surface area contributed by atoms with E-state index in [2.05, 4.69) is 25.9 Å². The first-order valence-electron chi connectivity index (χ1n) is 6.12. The van der Waals surface area contributed by atoms with Crippen LogP contribution in [0.4, 0.5) is 5.82 Å². The molecule has 1 fully saturated rings. The fourth-order valence-electron chi connectivity index (χ4n) is 2.44. The van der Waals surface area contributed by atoms with Crippen molar-refractivity contribution in [3.63, 3.8) is 0 Å². The molecule has 0 aliphatic heterocycles. The molecule has 18 heavy (non-hydrogen) atoms. The Balaban J connectivity index is 2.28. The van der Waals surface area contributed by atoms with Crippen LogP contribution in [0.15, 0.2) is 10.7 Å². The lowest BCUT2D eigenvalue weighted by Crippen LogP contribution is -2.40. The van der Waals surface area contributed by atoms with Crippen molar-refractivity contribution in [1.29, 1.82) is 0 Å². The van der Waals surface area contributed by atoms with Gasteiger partial charge in [-0.2, -0.15) is 0 Å². The second-order valence-electron chi connectivity index (χ2n) is 4.63. The number of carbonyl (C=O) groups excluding carboxylic acids is 1. The van der Waals surface area contributed by atoms with Crippen LogP contribution in [0.1, 0.15) is 31.5 Å². The fourth-order valence-corrected chi connectivity index (χ4v) is 2.91. The van der Waals surface area contributed by atoms with Gasteiger partial charge in [-0.1, -0.05) is 12.8 Å². The molecule has 2 N–H and O–H groups in total. The number of aryl methyl sites for hydroxylation is 1. The lowest BCUT2D eigenvalue weighted by atomic mass is 10.2. The van der Waals surface area contributed by atoms with Crippen molar-refractivity contribution in [3.05, 3.63) is 16.5 Å². The number of nitrogens with zero attached hydrogens (tertiary/aromatic N) is 3. The Morgan fingerprint density at radius 1 is 1.50 bits per heavy atom. The van der Waals surface area contributed by atoms with Gasteiger partial charge in [0.15, 0.2) is 0 Å². The maximum atomic E-state index is 11.2. The molecule has 1 aliphatic rings. The van der Waals surface area contributed by atoms with Gasteiger partial charge in [-0.3, -0.25) is 4.79 Å². The minimum absolute atomic E-state index is 0.216. The molecule has 1 aromatic rings. The molecule has 0 saturated heterocycles. The Bertz CT molecular complexity index is 425. The molecule has 1 saturated carbocycles. The number of primary amides is 1. The number of nitrogens with two attached hydrogens (primary N) is 1.